The number of rotatable bonds is 9. The lowest BCUT2D eigenvalue weighted by Gasteiger charge is -2.35. The summed E-state index contributed by atoms with van der Waals surface area (Å²) in [5.41, 5.74) is 5.34. The number of amides is 1. The standard InChI is InChI=1S/C13H28N2O2/c1-4-7-8-15(9-10-16)12(17)13(5-2,6-3)11-14/h16H,4-11,14H2,1-3H3. The molecule has 0 aromatic carbocycles. The number of hydrogen-bond donors (Lipinski definition) is 2. The molecule has 102 valence electrons. The first-order valence-corrected chi connectivity index (χ1v) is 6.72. The van der Waals surface area contributed by atoms with Crippen molar-refractivity contribution in [2.75, 3.05) is 26.2 Å². The predicted molar refractivity (Wildman–Crippen MR) is 70.6 cm³/mol. The Morgan fingerprint density at radius 2 is 1.82 bits per heavy atom. The van der Waals surface area contributed by atoms with Crippen LogP contribution in [0.2, 0.25) is 0 Å². The van der Waals surface area contributed by atoms with E-state index in [9.17, 15) is 4.79 Å². The van der Waals surface area contributed by atoms with Gasteiger partial charge in [0.15, 0.2) is 0 Å². The van der Waals surface area contributed by atoms with Gasteiger partial charge in [0.25, 0.3) is 0 Å². The van der Waals surface area contributed by atoms with Crippen molar-refractivity contribution in [1.29, 1.82) is 0 Å². The van der Waals surface area contributed by atoms with Crippen molar-refractivity contribution in [3.05, 3.63) is 0 Å². The molecule has 3 N–H and O–H groups in total. The minimum absolute atomic E-state index is 0.0174. The van der Waals surface area contributed by atoms with Gasteiger partial charge in [0.1, 0.15) is 0 Å². The highest BCUT2D eigenvalue weighted by Crippen LogP contribution is 2.27. The monoisotopic (exact) mass is 244 g/mol. The van der Waals surface area contributed by atoms with Gasteiger partial charge >= 0.3 is 0 Å². The third kappa shape index (κ3) is 4.28. The molecule has 0 spiro atoms. The Morgan fingerprint density at radius 3 is 2.18 bits per heavy atom. The van der Waals surface area contributed by atoms with Crippen LogP contribution in [0.3, 0.4) is 0 Å². The Labute approximate surface area is 105 Å². The maximum atomic E-state index is 12.5. The molecular weight excluding hydrogens is 216 g/mol. The van der Waals surface area contributed by atoms with E-state index in [1.807, 2.05) is 13.8 Å². The lowest BCUT2D eigenvalue weighted by Crippen LogP contribution is -2.48. The van der Waals surface area contributed by atoms with Crippen LogP contribution in [0, 0.1) is 5.41 Å². The van der Waals surface area contributed by atoms with Gasteiger partial charge < -0.3 is 15.7 Å². The van der Waals surface area contributed by atoms with Crippen molar-refractivity contribution in [3.8, 4) is 0 Å². The summed E-state index contributed by atoms with van der Waals surface area (Å²) in [5.74, 6) is 0.104. The molecule has 0 aromatic rings. The number of nitrogens with zero attached hydrogens (tertiary/aromatic N) is 1. The van der Waals surface area contributed by atoms with Gasteiger partial charge in [-0.05, 0) is 19.3 Å². The van der Waals surface area contributed by atoms with Gasteiger partial charge in [-0.15, -0.1) is 0 Å². The third-order valence-corrected chi connectivity index (χ3v) is 3.64. The minimum Gasteiger partial charge on any atom is -0.395 e. The van der Waals surface area contributed by atoms with Crippen LogP contribution in [0.5, 0.6) is 0 Å². The van der Waals surface area contributed by atoms with Crippen LogP contribution >= 0.6 is 0 Å². The maximum absolute atomic E-state index is 12.5. The summed E-state index contributed by atoms with van der Waals surface area (Å²) in [6.45, 7) is 7.64. The van der Waals surface area contributed by atoms with E-state index in [-0.39, 0.29) is 12.5 Å². The molecule has 0 unspecified atom stereocenters. The average molecular weight is 244 g/mol. The average Bonchev–Trinajstić information content (AvgIpc) is 2.37. The molecule has 4 nitrogen and oxygen atoms in total. The minimum atomic E-state index is -0.442. The Bertz CT molecular complexity index is 207. The fourth-order valence-electron chi connectivity index (χ4n) is 2.05. The normalized spacial score (nSPS) is 11.6. The molecule has 0 fully saturated rings. The largest absolute Gasteiger partial charge is 0.395 e. The molecule has 0 saturated carbocycles. The Hall–Kier alpha value is -0.610. The van der Waals surface area contributed by atoms with Gasteiger partial charge in [0.2, 0.25) is 5.91 Å². The summed E-state index contributed by atoms with van der Waals surface area (Å²) in [6, 6.07) is 0. The Balaban J connectivity index is 4.76. The predicted octanol–water partition coefficient (Wildman–Crippen LogP) is 1.37. The zero-order valence-corrected chi connectivity index (χ0v) is 11.5. The molecule has 0 aliphatic heterocycles. The van der Waals surface area contributed by atoms with Crippen LogP contribution in [0.1, 0.15) is 46.5 Å². The van der Waals surface area contributed by atoms with E-state index in [0.717, 1.165) is 32.2 Å². The van der Waals surface area contributed by atoms with Gasteiger partial charge in [-0.25, -0.2) is 0 Å². The molecule has 17 heavy (non-hydrogen) atoms. The van der Waals surface area contributed by atoms with E-state index in [0.29, 0.717) is 13.1 Å². The van der Waals surface area contributed by atoms with E-state index < -0.39 is 5.41 Å². The second-order valence-corrected chi connectivity index (χ2v) is 4.56. The summed E-state index contributed by atoms with van der Waals surface area (Å²) < 4.78 is 0. The maximum Gasteiger partial charge on any atom is 0.230 e. The van der Waals surface area contributed by atoms with Crippen molar-refractivity contribution in [2.24, 2.45) is 11.1 Å². The molecule has 4 heteroatoms. The van der Waals surface area contributed by atoms with Crippen molar-refractivity contribution in [1.82, 2.24) is 4.90 Å². The SMILES string of the molecule is CCCCN(CCO)C(=O)C(CC)(CC)CN. The Morgan fingerprint density at radius 1 is 1.24 bits per heavy atom. The molecule has 0 aliphatic carbocycles. The zero-order chi connectivity index (χ0) is 13.3. The third-order valence-electron chi connectivity index (χ3n) is 3.64. The number of aliphatic hydroxyl groups is 1. The van der Waals surface area contributed by atoms with Crippen molar-refractivity contribution >= 4 is 5.91 Å². The summed E-state index contributed by atoms with van der Waals surface area (Å²) in [7, 11) is 0. The molecule has 0 saturated heterocycles. The summed E-state index contributed by atoms with van der Waals surface area (Å²) in [5, 5.41) is 9.04. The van der Waals surface area contributed by atoms with Crippen LogP contribution in [0.4, 0.5) is 0 Å². The lowest BCUT2D eigenvalue weighted by atomic mass is 9.81. The van der Waals surface area contributed by atoms with Crippen molar-refractivity contribution < 1.29 is 9.90 Å². The highest BCUT2D eigenvalue weighted by molar-refractivity contribution is 5.83. The molecular formula is C13H28N2O2. The van der Waals surface area contributed by atoms with Gasteiger partial charge in [0, 0.05) is 19.6 Å². The van der Waals surface area contributed by atoms with E-state index >= 15 is 0 Å². The van der Waals surface area contributed by atoms with Crippen molar-refractivity contribution in [2.45, 2.75) is 46.5 Å². The van der Waals surface area contributed by atoms with Crippen LogP contribution in [-0.4, -0.2) is 42.2 Å². The number of hydrogen-bond acceptors (Lipinski definition) is 3. The highest BCUT2D eigenvalue weighted by Gasteiger charge is 2.36. The van der Waals surface area contributed by atoms with E-state index in [1.54, 1.807) is 4.90 Å². The van der Waals surface area contributed by atoms with E-state index in [4.69, 9.17) is 10.8 Å². The fraction of sp³-hybridized carbons (Fsp3) is 0.923. The van der Waals surface area contributed by atoms with Gasteiger partial charge in [-0.1, -0.05) is 27.2 Å². The number of carbonyl (C=O) groups is 1. The molecule has 0 aliphatic rings. The van der Waals surface area contributed by atoms with Crippen molar-refractivity contribution in [3.63, 3.8) is 0 Å². The van der Waals surface area contributed by atoms with E-state index in [2.05, 4.69) is 6.92 Å². The topological polar surface area (TPSA) is 66.6 Å². The Kier molecular flexibility index (Phi) is 8.17. The molecule has 0 radical (unpaired) electrons. The highest BCUT2D eigenvalue weighted by atomic mass is 16.3. The van der Waals surface area contributed by atoms with Gasteiger partial charge in [-0.2, -0.15) is 0 Å². The summed E-state index contributed by atoms with van der Waals surface area (Å²) in [6.07, 6.45) is 3.53. The fourth-order valence-corrected chi connectivity index (χ4v) is 2.05. The zero-order valence-electron chi connectivity index (χ0n) is 11.5. The van der Waals surface area contributed by atoms with Gasteiger partial charge in [0.05, 0.1) is 12.0 Å². The molecule has 0 bridgehead atoms. The number of aliphatic hydroxyl groups excluding tert-OH is 1. The van der Waals surface area contributed by atoms with Crippen LogP contribution in [0.25, 0.3) is 0 Å². The molecule has 0 aromatic heterocycles. The molecule has 0 heterocycles. The molecule has 0 atom stereocenters. The van der Waals surface area contributed by atoms with Gasteiger partial charge in [-0.3, -0.25) is 4.79 Å². The summed E-state index contributed by atoms with van der Waals surface area (Å²) >= 11 is 0. The number of carbonyl (C=O) groups excluding carboxylic acids is 1. The first-order valence-electron chi connectivity index (χ1n) is 6.72. The van der Waals surface area contributed by atoms with Crippen LogP contribution in [-0.2, 0) is 4.79 Å². The first-order chi connectivity index (χ1) is 8.11. The van der Waals surface area contributed by atoms with E-state index in [1.165, 1.54) is 0 Å². The second kappa shape index (κ2) is 8.48. The quantitative estimate of drug-likeness (QED) is 0.644. The smallest absolute Gasteiger partial charge is 0.230 e. The molecule has 1 amide bonds. The number of nitrogens with two attached hydrogens (primary N) is 1. The van der Waals surface area contributed by atoms with Crippen LogP contribution < -0.4 is 5.73 Å². The summed E-state index contributed by atoms with van der Waals surface area (Å²) in [4.78, 5) is 14.3. The lowest BCUT2D eigenvalue weighted by molar-refractivity contribution is -0.142. The number of unbranched alkanes of at least 4 members (excludes halogenated alkanes) is 1. The van der Waals surface area contributed by atoms with Crippen LogP contribution in [0.15, 0.2) is 0 Å². The molecule has 0 rings (SSSR count). The first kappa shape index (κ1) is 16.4. The second-order valence-electron chi connectivity index (χ2n) is 4.56.